The lowest BCUT2D eigenvalue weighted by molar-refractivity contribution is -0.0516. The van der Waals surface area contributed by atoms with Gasteiger partial charge in [0.25, 0.3) is 0 Å². The van der Waals surface area contributed by atoms with Gasteiger partial charge in [-0.25, -0.2) is 12.8 Å². The quantitative estimate of drug-likeness (QED) is 0.818. The van der Waals surface area contributed by atoms with Crippen molar-refractivity contribution in [2.45, 2.75) is 30.5 Å². The summed E-state index contributed by atoms with van der Waals surface area (Å²) < 4.78 is 45.4. The average molecular weight is 318 g/mol. The van der Waals surface area contributed by atoms with E-state index in [2.05, 4.69) is 0 Å². The summed E-state index contributed by atoms with van der Waals surface area (Å²) in [5, 5.41) is 9.14. The van der Waals surface area contributed by atoms with E-state index >= 15 is 0 Å². The van der Waals surface area contributed by atoms with E-state index < -0.39 is 21.9 Å². The number of sulfonamides is 1. The van der Waals surface area contributed by atoms with Crippen LogP contribution >= 0.6 is 0 Å². The Kier molecular flexibility index (Phi) is 4.95. The number of nitrogens with two attached hydrogens (primary N) is 1. The van der Waals surface area contributed by atoms with E-state index in [-0.39, 0.29) is 42.8 Å². The molecule has 2 atom stereocenters. The SMILES string of the molecule is CC1COC(CO)CN1S(=O)(=O)c1ccc(F)c(CN)c1. The molecule has 0 aliphatic carbocycles. The first kappa shape index (κ1) is 16.3. The fraction of sp³-hybridized carbons (Fsp3) is 0.538. The molecule has 8 heteroatoms. The summed E-state index contributed by atoms with van der Waals surface area (Å²) in [5.41, 5.74) is 5.56. The minimum Gasteiger partial charge on any atom is -0.394 e. The number of nitrogens with zero attached hydrogens (tertiary/aromatic N) is 1. The van der Waals surface area contributed by atoms with Gasteiger partial charge in [0.05, 0.1) is 24.2 Å². The predicted octanol–water partition coefficient (Wildman–Crippen LogP) is 0.0547. The van der Waals surface area contributed by atoms with Crippen molar-refractivity contribution >= 4 is 10.0 Å². The van der Waals surface area contributed by atoms with E-state index in [1.54, 1.807) is 6.92 Å². The second-order valence-electron chi connectivity index (χ2n) is 5.02. The smallest absolute Gasteiger partial charge is 0.243 e. The van der Waals surface area contributed by atoms with Gasteiger partial charge in [-0.1, -0.05) is 0 Å². The van der Waals surface area contributed by atoms with Crippen LogP contribution in [0.4, 0.5) is 4.39 Å². The zero-order chi connectivity index (χ0) is 15.6. The molecule has 1 aliphatic rings. The summed E-state index contributed by atoms with van der Waals surface area (Å²) in [6.45, 7) is 1.66. The monoisotopic (exact) mass is 318 g/mol. The first-order valence-corrected chi connectivity index (χ1v) is 8.07. The topological polar surface area (TPSA) is 92.9 Å². The number of aliphatic hydroxyl groups is 1. The van der Waals surface area contributed by atoms with Crippen LogP contribution in [-0.2, 0) is 21.3 Å². The maximum Gasteiger partial charge on any atom is 0.243 e. The highest BCUT2D eigenvalue weighted by Gasteiger charge is 2.35. The third-order valence-corrected chi connectivity index (χ3v) is 5.47. The molecule has 1 fully saturated rings. The Morgan fingerprint density at radius 2 is 2.24 bits per heavy atom. The highest BCUT2D eigenvalue weighted by atomic mass is 32.2. The molecule has 1 saturated heterocycles. The van der Waals surface area contributed by atoms with Gasteiger partial charge in [0.1, 0.15) is 5.82 Å². The average Bonchev–Trinajstić information content (AvgIpc) is 2.47. The van der Waals surface area contributed by atoms with Crippen molar-refractivity contribution in [3.05, 3.63) is 29.6 Å². The van der Waals surface area contributed by atoms with E-state index in [1.165, 1.54) is 16.4 Å². The number of ether oxygens (including phenoxy) is 1. The van der Waals surface area contributed by atoms with Gasteiger partial charge in [-0.15, -0.1) is 0 Å². The molecule has 21 heavy (non-hydrogen) atoms. The van der Waals surface area contributed by atoms with Crippen LogP contribution in [0.15, 0.2) is 23.1 Å². The summed E-state index contributed by atoms with van der Waals surface area (Å²) in [5.74, 6) is -0.528. The maximum atomic E-state index is 13.5. The van der Waals surface area contributed by atoms with Crippen molar-refractivity contribution < 1.29 is 22.7 Å². The summed E-state index contributed by atoms with van der Waals surface area (Å²) in [4.78, 5) is -0.00482. The van der Waals surface area contributed by atoms with Gasteiger partial charge in [-0.2, -0.15) is 4.31 Å². The Hall–Kier alpha value is -1.06. The van der Waals surface area contributed by atoms with Crippen molar-refractivity contribution in [3.63, 3.8) is 0 Å². The molecular formula is C13H19FN2O4S. The van der Waals surface area contributed by atoms with E-state index in [0.717, 1.165) is 6.07 Å². The van der Waals surface area contributed by atoms with Crippen LogP contribution in [-0.4, -0.2) is 49.7 Å². The summed E-state index contributed by atoms with van der Waals surface area (Å²) in [6, 6.07) is 3.22. The molecule has 1 aliphatic heterocycles. The fourth-order valence-corrected chi connectivity index (χ4v) is 3.94. The Morgan fingerprint density at radius 3 is 2.86 bits per heavy atom. The van der Waals surface area contributed by atoms with Crippen LogP contribution in [0.5, 0.6) is 0 Å². The van der Waals surface area contributed by atoms with Crippen molar-refractivity contribution in [3.8, 4) is 0 Å². The first-order chi connectivity index (χ1) is 9.90. The van der Waals surface area contributed by atoms with Crippen LogP contribution in [0.25, 0.3) is 0 Å². The van der Waals surface area contributed by atoms with Crippen LogP contribution < -0.4 is 5.73 Å². The highest BCUT2D eigenvalue weighted by Crippen LogP contribution is 2.24. The lowest BCUT2D eigenvalue weighted by atomic mass is 10.2. The number of hydrogen-bond acceptors (Lipinski definition) is 5. The Morgan fingerprint density at radius 1 is 1.52 bits per heavy atom. The molecular weight excluding hydrogens is 299 g/mol. The van der Waals surface area contributed by atoms with Gasteiger partial charge in [-0.3, -0.25) is 0 Å². The summed E-state index contributed by atoms with van der Waals surface area (Å²) >= 11 is 0. The fourth-order valence-electron chi connectivity index (χ4n) is 2.24. The second kappa shape index (κ2) is 6.37. The number of aliphatic hydroxyl groups excluding tert-OH is 1. The van der Waals surface area contributed by atoms with Gasteiger partial charge in [0.15, 0.2) is 0 Å². The minimum absolute atomic E-state index is 0.00482. The molecule has 118 valence electrons. The Bertz CT molecular complexity index is 608. The maximum absolute atomic E-state index is 13.5. The molecule has 2 unspecified atom stereocenters. The van der Waals surface area contributed by atoms with E-state index in [0.29, 0.717) is 0 Å². The molecule has 1 heterocycles. The summed E-state index contributed by atoms with van der Waals surface area (Å²) in [6.07, 6.45) is -0.551. The van der Waals surface area contributed by atoms with Crippen molar-refractivity contribution in [1.29, 1.82) is 0 Å². The molecule has 0 amide bonds. The lowest BCUT2D eigenvalue weighted by Crippen LogP contribution is -2.51. The number of morpholine rings is 1. The van der Waals surface area contributed by atoms with Crippen LogP contribution in [0.2, 0.25) is 0 Å². The van der Waals surface area contributed by atoms with Gasteiger partial charge >= 0.3 is 0 Å². The first-order valence-electron chi connectivity index (χ1n) is 6.63. The van der Waals surface area contributed by atoms with Crippen LogP contribution in [0.1, 0.15) is 12.5 Å². The third-order valence-electron chi connectivity index (χ3n) is 3.50. The Labute approximate surface area is 123 Å². The Balaban J connectivity index is 2.36. The molecule has 1 aromatic carbocycles. The van der Waals surface area contributed by atoms with Crippen LogP contribution in [0, 0.1) is 5.82 Å². The summed E-state index contributed by atoms with van der Waals surface area (Å²) in [7, 11) is -3.78. The van der Waals surface area contributed by atoms with Crippen molar-refractivity contribution in [1.82, 2.24) is 4.31 Å². The predicted molar refractivity (Wildman–Crippen MR) is 74.5 cm³/mol. The molecule has 0 bridgehead atoms. The van der Waals surface area contributed by atoms with Crippen molar-refractivity contribution in [2.75, 3.05) is 19.8 Å². The zero-order valence-electron chi connectivity index (χ0n) is 11.7. The van der Waals surface area contributed by atoms with Crippen LogP contribution in [0.3, 0.4) is 0 Å². The molecule has 0 radical (unpaired) electrons. The number of benzene rings is 1. The molecule has 3 N–H and O–H groups in total. The minimum atomic E-state index is -3.78. The molecule has 2 rings (SSSR count). The normalized spacial score (nSPS) is 24.2. The molecule has 6 nitrogen and oxygen atoms in total. The molecule has 0 aromatic heterocycles. The van der Waals surface area contributed by atoms with Gasteiger partial charge < -0.3 is 15.6 Å². The van der Waals surface area contributed by atoms with Gasteiger partial charge in [-0.05, 0) is 25.1 Å². The van der Waals surface area contributed by atoms with Gasteiger partial charge in [0.2, 0.25) is 10.0 Å². The lowest BCUT2D eigenvalue weighted by Gasteiger charge is -2.36. The van der Waals surface area contributed by atoms with Gasteiger partial charge in [0, 0.05) is 24.7 Å². The number of halogens is 1. The van der Waals surface area contributed by atoms with Crippen molar-refractivity contribution in [2.24, 2.45) is 5.73 Å². The highest BCUT2D eigenvalue weighted by molar-refractivity contribution is 7.89. The largest absolute Gasteiger partial charge is 0.394 e. The molecule has 0 saturated carbocycles. The van der Waals surface area contributed by atoms with E-state index in [9.17, 15) is 12.8 Å². The number of hydrogen-bond donors (Lipinski definition) is 2. The second-order valence-corrected chi connectivity index (χ2v) is 6.91. The van der Waals surface area contributed by atoms with E-state index in [4.69, 9.17) is 15.6 Å². The molecule has 0 spiro atoms. The third kappa shape index (κ3) is 3.24. The molecule has 1 aromatic rings. The number of rotatable bonds is 4. The standard InChI is InChI=1S/C13H19FN2O4S/c1-9-8-20-11(7-17)6-16(9)21(18,19)12-2-3-13(14)10(4-12)5-15/h2-4,9,11,17H,5-8,15H2,1H3. The van der Waals surface area contributed by atoms with E-state index in [1.807, 2.05) is 0 Å². The zero-order valence-corrected chi connectivity index (χ0v) is 12.5.